The second kappa shape index (κ2) is 6.55. The van der Waals surface area contributed by atoms with Gasteiger partial charge in [0, 0.05) is 19.6 Å². The van der Waals surface area contributed by atoms with Gasteiger partial charge in [0.1, 0.15) is 0 Å². The standard InChI is InChI=1S/C13H24BrN3/c1-6-10(3)8-16(5)9-12-13(14)11(4)15-17(12)7-2/h10H,6-9H2,1-5H3. The summed E-state index contributed by atoms with van der Waals surface area (Å²) in [6.45, 7) is 11.8. The van der Waals surface area contributed by atoms with Crippen LogP contribution < -0.4 is 0 Å². The Morgan fingerprint density at radius 1 is 1.41 bits per heavy atom. The van der Waals surface area contributed by atoms with Crippen molar-refractivity contribution in [3.8, 4) is 0 Å². The van der Waals surface area contributed by atoms with Crippen molar-refractivity contribution in [2.24, 2.45) is 5.92 Å². The first kappa shape index (κ1) is 14.7. The normalized spacial score (nSPS) is 13.4. The van der Waals surface area contributed by atoms with Crippen molar-refractivity contribution in [3.63, 3.8) is 0 Å². The lowest BCUT2D eigenvalue weighted by atomic mass is 10.1. The fraction of sp³-hybridized carbons (Fsp3) is 0.769. The second-order valence-electron chi connectivity index (χ2n) is 4.87. The van der Waals surface area contributed by atoms with E-state index in [1.807, 2.05) is 0 Å². The molecule has 4 heteroatoms. The van der Waals surface area contributed by atoms with Crippen LogP contribution in [-0.2, 0) is 13.1 Å². The van der Waals surface area contributed by atoms with E-state index in [0.717, 1.165) is 35.7 Å². The molecular weight excluding hydrogens is 278 g/mol. The summed E-state index contributed by atoms with van der Waals surface area (Å²) in [6.07, 6.45) is 1.23. The van der Waals surface area contributed by atoms with Crippen LogP contribution in [0.5, 0.6) is 0 Å². The molecule has 1 aromatic rings. The second-order valence-corrected chi connectivity index (χ2v) is 5.67. The van der Waals surface area contributed by atoms with Gasteiger partial charge in [0.15, 0.2) is 0 Å². The number of aryl methyl sites for hydroxylation is 2. The molecule has 98 valence electrons. The van der Waals surface area contributed by atoms with Gasteiger partial charge in [0.05, 0.1) is 15.9 Å². The van der Waals surface area contributed by atoms with E-state index >= 15 is 0 Å². The molecule has 0 fully saturated rings. The van der Waals surface area contributed by atoms with Crippen molar-refractivity contribution in [1.82, 2.24) is 14.7 Å². The number of hydrogen-bond acceptors (Lipinski definition) is 2. The first-order valence-corrected chi connectivity index (χ1v) is 7.19. The fourth-order valence-corrected chi connectivity index (χ4v) is 2.41. The lowest BCUT2D eigenvalue weighted by Crippen LogP contribution is -2.25. The summed E-state index contributed by atoms with van der Waals surface area (Å²) in [5.41, 5.74) is 2.37. The van der Waals surface area contributed by atoms with Crippen LogP contribution in [0.2, 0.25) is 0 Å². The van der Waals surface area contributed by atoms with Gasteiger partial charge in [-0.15, -0.1) is 0 Å². The molecule has 0 aliphatic heterocycles. The largest absolute Gasteiger partial charge is 0.300 e. The molecule has 0 saturated heterocycles. The average Bonchev–Trinajstić information content (AvgIpc) is 2.56. The third-order valence-corrected chi connectivity index (χ3v) is 4.22. The molecule has 17 heavy (non-hydrogen) atoms. The summed E-state index contributed by atoms with van der Waals surface area (Å²) in [5.74, 6) is 0.748. The van der Waals surface area contributed by atoms with E-state index in [1.54, 1.807) is 0 Å². The quantitative estimate of drug-likeness (QED) is 0.802. The van der Waals surface area contributed by atoms with E-state index in [-0.39, 0.29) is 0 Å². The molecule has 0 aromatic carbocycles. The van der Waals surface area contributed by atoms with E-state index in [0.29, 0.717) is 0 Å². The summed E-state index contributed by atoms with van der Waals surface area (Å²) >= 11 is 3.64. The summed E-state index contributed by atoms with van der Waals surface area (Å²) in [5, 5.41) is 4.52. The highest BCUT2D eigenvalue weighted by atomic mass is 79.9. The van der Waals surface area contributed by atoms with E-state index in [2.05, 4.69) is 65.4 Å². The maximum atomic E-state index is 4.52. The van der Waals surface area contributed by atoms with E-state index < -0.39 is 0 Å². The van der Waals surface area contributed by atoms with Crippen molar-refractivity contribution in [1.29, 1.82) is 0 Å². The van der Waals surface area contributed by atoms with Gasteiger partial charge in [-0.05, 0) is 42.7 Å². The number of hydrogen-bond donors (Lipinski definition) is 0. The summed E-state index contributed by atoms with van der Waals surface area (Å²) in [4.78, 5) is 2.38. The van der Waals surface area contributed by atoms with Crippen LogP contribution >= 0.6 is 15.9 Å². The first-order valence-electron chi connectivity index (χ1n) is 6.39. The van der Waals surface area contributed by atoms with Gasteiger partial charge in [0.2, 0.25) is 0 Å². The molecule has 1 heterocycles. The van der Waals surface area contributed by atoms with E-state index in [4.69, 9.17) is 0 Å². The minimum Gasteiger partial charge on any atom is -0.300 e. The lowest BCUT2D eigenvalue weighted by Gasteiger charge is -2.21. The van der Waals surface area contributed by atoms with Gasteiger partial charge < -0.3 is 4.90 Å². The van der Waals surface area contributed by atoms with E-state index in [9.17, 15) is 0 Å². The third-order valence-electron chi connectivity index (χ3n) is 3.19. The average molecular weight is 302 g/mol. The molecule has 1 aromatic heterocycles. The molecule has 1 atom stereocenters. The van der Waals surface area contributed by atoms with Crippen LogP contribution in [0.4, 0.5) is 0 Å². The summed E-state index contributed by atoms with van der Waals surface area (Å²) in [7, 11) is 2.18. The fourth-order valence-electron chi connectivity index (χ4n) is 2.00. The highest BCUT2D eigenvalue weighted by molar-refractivity contribution is 9.10. The Hall–Kier alpha value is -0.350. The zero-order valence-electron chi connectivity index (χ0n) is 11.6. The maximum absolute atomic E-state index is 4.52. The minimum atomic E-state index is 0.748. The molecule has 0 amide bonds. The summed E-state index contributed by atoms with van der Waals surface area (Å²) < 4.78 is 3.25. The zero-order chi connectivity index (χ0) is 13.0. The summed E-state index contributed by atoms with van der Waals surface area (Å²) in [6, 6.07) is 0. The van der Waals surface area contributed by atoms with Gasteiger partial charge in [0.25, 0.3) is 0 Å². The Balaban J connectivity index is 2.73. The molecule has 1 rings (SSSR count). The van der Waals surface area contributed by atoms with Gasteiger partial charge in [-0.3, -0.25) is 4.68 Å². The Bertz CT molecular complexity index is 360. The predicted octanol–water partition coefficient (Wildman–Crippen LogP) is 3.45. The van der Waals surface area contributed by atoms with Crippen LogP contribution in [0.1, 0.15) is 38.6 Å². The van der Waals surface area contributed by atoms with Gasteiger partial charge in [-0.1, -0.05) is 20.3 Å². The molecule has 3 nitrogen and oxygen atoms in total. The van der Waals surface area contributed by atoms with Crippen molar-refractivity contribution >= 4 is 15.9 Å². The molecule has 0 bridgehead atoms. The Morgan fingerprint density at radius 2 is 2.06 bits per heavy atom. The number of rotatable bonds is 6. The SMILES string of the molecule is CCC(C)CN(C)Cc1c(Br)c(C)nn1CC. The van der Waals surface area contributed by atoms with Gasteiger partial charge in [-0.25, -0.2) is 0 Å². The van der Waals surface area contributed by atoms with Crippen LogP contribution in [0.3, 0.4) is 0 Å². The van der Waals surface area contributed by atoms with Crippen LogP contribution in [0.25, 0.3) is 0 Å². The Labute approximate surface area is 113 Å². The number of halogens is 1. The van der Waals surface area contributed by atoms with Crippen molar-refractivity contribution in [2.75, 3.05) is 13.6 Å². The zero-order valence-corrected chi connectivity index (χ0v) is 13.2. The monoisotopic (exact) mass is 301 g/mol. The molecule has 0 aliphatic carbocycles. The molecule has 0 aliphatic rings. The van der Waals surface area contributed by atoms with Gasteiger partial charge in [-0.2, -0.15) is 5.10 Å². The molecule has 0 spiro atoms. The highest BCUT2D eigenvalue weighted by Crippen LogP contribution is 2.22. The number of nitrogens with zero attached hydrogens (tertiary/aromatic N) is 3. The molecule has 0 saturated carbocycles. The van der Waals surface area contributed by atoms with Gasteiger partial charge >= 0.3 is 0 Å². The van der Waals surface area contributed by atoms with Crippen molar-refractivity contribution < 1.29 is 0 Å². The minimum absolute atomic E-state index is 0.748. The molecular formula is C13H24BrN3. The highest BCUT2D eigenvalue weighted by Gasteiger charge is 2.14. The molecule has 0 N–H and O–H groups in total. The number of aromatic nitrogens is 2. The molecule has 0 radical (unpaired) electrons. The topological polar surface area (TPSA) is 21.1 Å². The van der Waals surface area contributed by atoms with Crippen LogP contribution in [0.15, 0.2) is 4.47 Å². The Kier molecular flexibility index (Phi) is 5.67. The van der Waals surface area contributed by atoms with Crippen molar-refractivity contribution in [3.05, 3.63) is 15.9 Å². The smallest absolute Gasteiger partial charge is 0.0739 e. The maximum Gasteiger partial charge on any atom is 0.0739 e. The van der Waals surface area contributed by atoms with Crippen molar-refractivity contribution in [2.45, 2.75) is 47.2 Å². The van der Waals surface area contributed by atoms with Crippen LogP contribution in [-0.4, -0.2) is 28.3 Å². The van der Waals surface area contributed by atoms with E-state index in [1.165, 1.54) is 12.1 Å². The third kappa shape index (κ3) is 3.81. The Morgan fingerprint density at radius 3 is 2.59 bits per heavy atom. The van der Waals surface area contributed by atoms with Crippen LogP contribution in [0, 0.1) is 12.8 Å². The predicted molar refractivity (Wildman–Crippen MR) is 76.1 cm³/mol. The first-order chi connectivity index (χ1) is 7.99. The lowest BCUT2D eigenvalue weighted by molar-refractivity contribution is 0.267. The molecule has 1 unspecified atom stereocenters.